The standard InChI is InChI=1S/C18H22O2/c1-5-13-7-11(3)17(19)15(9-13)16-10-14(6-2)8-12(4)18(16)20/h7-10,19-20H,5-6H2,1-4H3. The van der Waals surface area contributed by atoms with Crippen molar-refractivity contribution in [2.45, 2.75) is 40.5 Å². The molecular weight excluding hydrogens is 248 g/mol. The molecule has 2 aromatic rings. The van der Waals surface area contributed by atoms with Crippen LogP contribution >= 0.6 is 0 Å². The zero-order valence-electron chi connectivity index (χ0n) is 12.6. The average molecular weight is 270 g/mol. The molecule has 2 rings (SSSR count). The van der Waals surface area contributed by atoms with Gasteiger partial charge in [0.1, 0.15) is 11.5 Å². The highest BCUT2D eigenvalue weighted by atomic mass is 16.3. The Balaban J connectivity index is 2.73. The molecule has 2 nitrogen and oxygen atoms in total. The van der Waals surface area contributed by atoms with E-state index in [4.69, 9.17) is 0 Å². The van der Waals surface area contributed by atoms with Gasteiger partial charge in [0.25, 0.3) is 0 Å². The van der Waals surface area contributed by atoms with Gasteiger partial charge < -0.3 is 10.2 Å². The van der Waals surface area contributed by atoms with E-state index in [1.165, 1.54) is 0 Å². The third-order valence-corrected chi connectivity index (χ3v) is 3.83. The van der Waals surface area contributed by atoms with Crippen LogP contribution < -0.4 is 0 Å². The summed E-state index contributed by atoms with van der Waals surface area (Å²) in [6, 6.07) is 7.92. The van der Waals surface area contributed by atoms with E-state index in [1.807, 2.05) is 38.1 Å². The highest BCUT2D eigenvalue weighted by molar-refractivity contribution is 5.78. The summed E-state index contributed by atoms with van der Waals surface area (Å²) in [5, 5.41) is 20.7. The fourth-order valence-corrected chi connectivity index (χ4v) is 2.53. The predicted molar refractivity (Wildman–Crippen MR) is 83.4 cm³/mol. The smallest absolute Gasteiger partial charge is 0.126 e. The fraction of sp³-hybridized carbons (Fsp3) is 0.333. The lowest BCUT2D eigenvalue weighted by molar-refractivity contribution is 0.464. The Morgan fingerprint density at radius 3 is 1.35 bits per heavy atom. The Labute approximate surface area is 120 Å². The van der Waals surface area contributed by atoms with E-state index in [0.29, 0.717) is 0 Å². The van der Waals surface area contributed by atoms with Crippen molar-refractivity contribution >= 4 is 0 Å². The number of aromatic hydroxyl groups is 2. The zero-order valence-corrected chi connectivity index (χ0v) is 12.6. The first-order valence-electron chi connectivity index (χ1n) is 7.13. The minimum absolute atomic E-state index is 0.255. The van der Waals surface area contributed by atoms with E-state index in [9.17, 15) is 10.2 Å². The van der Waals surface area contributed by atoms with E-state index in [0.717, 1.165) is 46.2 Å². The van der Waals surface area contributed by atoms with E-state index < -0.39 is 0 Å². The summed E-state index contributed by atoms with van der Waals surface area (Å²) in [7, 11) is 0. The first kappa shape index (κ1) is 14.4. The molecule has 0 saturated heterocycles. The molecule has 0 heterocycles. The number of phenols is 2. The molecule has 0 saturated carbocycles. The molecule has 2 N–H and O–H groups in total. The van der Waals surface area contributed by atoms with Crippen molar-refractivity contribution in [3.63, 3.8) is 0 Å². The number of aryl methyl sites for hydroxylation is 4. The maximum absolute atomic E-state index is 10.3. The summed E-state index contributed by atoms with van der Waals surface area (Å²) < 4.78 is 0. The van der Waals surface area contributed by atoms with Gasteiger partial charge in [-0.2, -0.15) is 0 Å². The average Bonchev–Trinajstić information content (AvgIpc) is 2.44. The zero-order chi connectivity index (χ0) is 14.9. The minimum Gasteiger partial charge on any atom is -0.507 e. The van der Waals surface area contributed by atoms with Crippen LogP contribution in [0, 0.1) is 13.8 Å². The number of phenolic OH excluding ortho intramolecular Hbond substituents is 2. The number of hydrogen-bond donors (Lipinski definition) is 2. The van der Waals surface area contributed by atoms with Crippen LogP contribution in [0.4, 0.5) is 0 Å². The van der Waals surface area contributed by atoms with Crippen LogP contribution in [-0.2, 0) is 12.8 Å². The molecule has 0 amide bonds. The summed E-state index contributed by atoms with van der Waals surface area (Å²) in [6.45, 7) is 7.96. The number of hydrogen-bond acceptors (Lipinski definition) is 2. The molecule has 0 aliphatic carbocycles. The van der Waals surface area contributed by atoms with Gasteiger partial charge >= 0.3 is 0 Å². The lowest BCUT2D eigenvalue weighted by Crippen LogP contribution is -1.92. The Bertz CT molecular complexity index is 585. The minimum atomic E-state index is 0.255. The first-order chi connectivity index (χ1) is 9.47. The molecule has 0 aromatic heterocycles. The largest absolute Gasteiger partial charge is 0.507 e. The Kier molecular flexibility index (Phi) is 4.03. The van der Waals surface area contributed by atoms with E-state index in [-0.39, 0.29) is 11.5 Å². The number of rotatable bonds is 3. The second kappa shape index (κ2) is 5.58. The SMILES string of the molecule is CCc1cc(C)c(O)c(-c2cc(CC)cc(C)c2O)c1. The van der Waals surface area contributed by atoms with Gasteiger partial charge in [0.15, 0.2) is 0 Å². The third kappa shape index (κ3) is 2.51. The Morgan fingerprint density at radius 1 is 0.700 bits per heavy atom. The van der Waals surface area contributed by atoms with E-state index in [1.54, 1.807) is 0 Å². The molecule has 106 valence electrons. The van der Waals surface area contributed by atoms with Gasteiger partial charge in [-0.1, -0.05) is 26.0 Å². The molecule has 2 aromatic carbocycles. The highest BCUT2D eigenvalue weighted by Crippen LogP contribution is 2.40. The van der Waals surface area contributed by atoms with Crippen molar-refractivity contribution in [3.8, 4) is 22.6 Å². The van der Waals surface area contributed by atoms with Crippen molar-refractivity contribution < 1.29 is 10.2 Å². The van der Waals surface area contributed by atoms with Gasteiger partial charge in [-0.15, -0.1) is 0 Å². The molecule has 20 heavy (non-hydrogen) atoms. The summed E-state index contributed by atoms with van der Waals surface area (Å²) in [5.41, 5.74) is 5.45. The second-order valence-electron chi connectivity index (χ2n) is 5.32. The van der Waals surface area contributed by atoms with Gasteiger partial charge in [0, 0.05) is 11.1 Å². The van der Waals surface area contributed by atoms with Crippen molar-refractivity contribution in [1.29, 1.82) is 0 Å². The van der Waals surface area contributed by atoms with Crippen LogP contribution in [0.2, 0.25) is 0 Å². The highest BCUT2D eigenvalue weighted by Gasteiger charge is 2.14. The molecular formula is C18H22O2. The lowest BCUT2D eigenvalue weighted by Gasteiger charge is -2.14. The van der Waals surface area contributed by atoms with Crippen molar-refractivity contribution in [2.24, 2.45) is 0 Å². The monoisotopic (exact) mass is 270 g/mol. The summed E-state index contributed by atoms with van der Waals surface area (Å²) in [4.78, 5) is 0. The molecule has 0 radical (unpaired) electrons. The topological polar surface area (TPSA) is 40.5 Å². The van der Waals surface area contributed by atoms with Crippen molar-refractivity contribution in [1.82, 2.24) is 0 Å². The second-order valence-corrected chi connectivity index (χ2v) is 5.32. The number of benzene rings is 2. The van der Waals surface area contributed by atoms with Crippen LogP contribution in [0.1, 0.15) is 36.1 Å². The van der Waals surface area contributed by atoms with Gasteiger partial charge in [-0.25, -0.2) is 0 Å². The van der Waals surface area contributed by atoms with Crippen LogP contribution in [0.5, 0.6) is 11.5 Å². The predicted octanol–water partition coefficient (Wildman–Crippen LogP) is 4.51. The molecule has 0 unspecified atom stereocenters. The maximum Gasteiger partial charge on any atom is 0.126 e. The van der Waals surface area contributed by atoms with E-state index in [2.05, 4.69) is 13.8 Å². The van der Waals surface area contributed by atoms with Crippen molar-refractivity contribution in [2.75, 3.05) is 0 Å². The molecule has 0 aliphatic heterocycles. The Hall–Kier alpha value is -1.96. The van der Waals surface area contributed by atoms with Crippen LogP contribution in [0.3, 0.4) is 0 Å². The summed E-state index contributed by atoms with van der Waals surface area (Å²) in [5.74, 6) is 0.510. The fourth-order valence-electron chi connectivity index (χ4n) is 2.53. The third-order valence-electron chi connectivity index (χ3n) is 3.83. The van der Waals surface area contributed by atoms with Crippen LogP contribution in [0.15, 0.2) is 24.3 Å². The van der Waals surface area contributed by atoms with Crippen LogP contribution in [-0.4, -0.2) is 10.2 Å². The molecule has 0 atom stereocenters. The molecule has 0 fully saturated rings. The quantitative estimate of drug-likeness (QED) is 0.861. The molecule has 2 heteroatoms. The van der Waals surface area contributed by atoms with Gasteiger partial charge in [0.05, 0.1) is 0 Å². The van der Waals surface area contributed by atoms with Crippen molar-refractivity contribution in [3.05, 3.63) is 46.5 Å². The van der Waals surface area contributed by atoms with Gasteiger partial charge in [-0.3, -0.25) is 0 Å². The Morgan fingerprint density at radius 2 is 1.05 bits per heavy atom. The first-order valence-corrected chi connectivity index (χ1v) is 7.13. The van der Waals surface area contributed by atoms with Gasteiger partial charge in [0.2, 0.25) is 0 Å². The normalized spacial score (nSPS) is 10.8. The molecule has 0 aliphatic rings. The van der Waals surface area contributed by atoms with Gasteiger partial charge in [-0.05, 0) is 61.1 Å². The van der Waals surface area contributed by atoms with E-state index >= 15 is 0 Å². The summed E-state index contributed by atoms with van der Waals surface area (Å²) >= 11 is 0. The summed E-state index contributed by atoms with van der Waals surface area (Å²) in [6.07, 6.45) is 1.81. The van der Waals surface area contributed by atoms with Crippen LogP contribution in [0.25, 0.3) is 11.1 Å². The molecule has 0 bridgehead atoms. The lowest BCUT2D eigenvalue weighted by atomic mass is 9.93. The maximum atomic E-state index is 10.3. The molecule has 0 spiro atoms.